The van der Waals surface area contributed by atoms with Gasteiger partial charge in [0.15, 0.2) is 0 Å². The minimum absolute atomic E-state index is 0.156. The van der Waals surface area contributed by atoms with Crippen LogP contribution in [-0.4, -0.2) is 12.1 Å². The Morgan fingerprint density at radius 2 is 2.00 bits per heavy atom. The van der Waals surface area contributed by atoms with Gasteiger partial charge >= 0.3 is 11.9 Å². The van der Waals surface area contributed by atoms with Crippen LogP contribution in [0.2, 0.25) is 0 Å². The van der Waals surface area contributed by atoms with Gasteiger partial charge in [0.1, 0.15) is 5.69 Å². The van der Waals surface area contributed by atoms with Crippen molar-refractivity contribution >= 4 is 0 Å². The van der Waals surface area contributed by atoms with E-state index in [9.17, 15) is 18.4 Å². The van der Waals surface area contributed by atoms with Crippen molar-refractivity contribution in [3.63, 3.8) is 0 Å². The molecule has 0 radical (unpaired) electrons. The number of halogens is 3. The Bertz CT molecular complexity index is 391. The van der Waals surface area contributed by atoms with Crippen LogP contribution in [0.1, 0.15) is 31.2 Å². The molecule has 1 aromatic rings. The zero-order valence-electron chi connectivity index (χ0n) is 9.00. The van der Waals surface area contributed by atoms with E-state index < -0.39 is 17.8 Å². The maximum atomic E-state index is 12.5. The molecule has 16 heavy (non-hydrogen) atoms. The zero-order valence-corrected chi connectivity index (χ0v) is 9.00. The van der Waals surface area contributed by atoms with E-state index in [-0.39, 0.29) is 16.3 Å². The number of methoxy groups -OCH3 is 1. The number of nitrogens with zero attached hydrogens (tertiary/aromatic N) is 2. The second-order valence-corrected chi connectivity index (χ2v) is 3.50. The third-order valence-electron chi connectivity index (χ3n) is 1.96. The molecule has 0 saturated heterocycles. The summed E-state index contributed by atoms with van der Waals surface area (Å²) in [7, 11) is 1.04. The number of ether oxygens (including phenoxy) is 1. The molecule has 90 valence electrons. The van der Waals surface area contributed by atoms with Crippen LogP contribution in [0.25, 0.3) is 0 Å². The van der Waals surface area contributed by atoms with Crippen LogP contribution in [0, 0.1) is 5.21 Å². The minimum atomic E-state index is -4.78. The van der Waals surface area contributed by atoms with Crippen molar-refractivity contribution in [2.75, 3.05) is 7.11 Å². The lowest BCUT2D eigenvalue weighted by Gasteiger charge is -2.13. The molecular formula is C9H11F3N2O2. The molecule has 0 N–H and O–H groups in total. The lowest BCUT2D eigenvalue weighted by molar-refractivity contribution is -0.630. The molecular weight excluding hydrogens is 225 g/mol. The molecule has 0 fully saturated rings. The molecule has 1 heterocycles. The molecule has 7 heteroatoms. The van der Waals surface area contributed by atoms with Gasteiger partial charge in [-0.3, -0.25) is 0 Å². The highest BCUT2D eigenvalue weighted by atomic mass is 19.4. The molecule has 0 aliphatic carbocycles. The van der Waals surface area contributed by atoms with Gasteiger partial charge in [-0.15, -0.1) is 0 Å². The van der Waals surface area contributed by atoms with Gasteiger partial charge in [0, 0.05) is 5.92 Å². The summed E-state index contributed by atoms with van der Waals surface area (Å²) in [6.45, 7) is 3.43. The Balaban J connectivity index is 3.41. The molecule has 0 spiro atoms. The molecule has 4 nitrogen and oxygen atoms in total. The average molecular weight is 236 g/mol. The van der Waals surface area contributed by atoms with Crippen LogP contribution in [0.4, 0.5) is 13.2 Å². The maximum Gasteiger partial charge on any atom is 0.484 e. The predicted octanol–water partition coefficient (Wildman–Crippen LogP) is 1.87. The summed E-state index contributed by atoms with van der Waals surface area (Å²) in [5.41, 5.74) is -1.18. The Labute approximate surface area is 90.3 Å². The van der Waals surface area contributed by atoms with Crippen molar-refractivity contribution in [2.45, 2.75) is 25.9 Å². The SMILES string of the molecule is COc1nc(C(C)C)c[n+]([O-])c1C(F)(F)F. The topological polar surface area (TPSA) is 49.1 Å². The maximum absolute atomic E-state index is 12.5. The molecule has 0 aliphatic rings. The van der Waals surface area contributed by atoms with Crippen molar-refractivity contribution in [2.24, 2.45) is 0 Å². The highest BCUT2D eigenvalue weighted by Gasteiger charge is 2.45. The highest BCUT2D eigenvalue weighted by Crippen LogP contribution is 2.32. The van der Waals surface area contributed by atoms with E-state index in [1.54, 1.807) is 13.8 Å². The molecule has 0 aliphatic heterocycles. The molecule has 1 rings (SSSR count). The van der Waals surface area contributed by atoms with Gasteiger partial charge in [0.2, 0.25) is 6.20 Å². The molecule has 0 atom stereocenters. The van der Waals surface area contributed by atoms with Gasteiger partial charge in [-0.25, -0.2) is 4.98 Å². The number of rotatable bonds is 2. The first-order valence-corrected chi connectivity index (χ1v) is 4.52. The summed E-state index contributed by atoms with van der Waals surface area (Å²) in [6.07, 6.45) is -3.97. The van der Waals surface area contributed by atoms with Crippen LogP contribution >= 0.6 is 0 Å². The first-order valence-electron chi connectivity index (χ1n) is 4.52. The summed E-state index contributed by atoms with van der Waals surface area (Å²) in [5.74, 6) is -0.856. The van der Waals surface area contributed by atoms with E-state index in [1.165, 1.54) is 0 Å². The van der Waals surface area contributed by atoms with Crippen LogP contribution in [0.5, 0.6) is 5.88 Å². The molecule has 0 amide bonds. The largest absolute Gasteiger partial charge is 0.618 e. The summed E-state index contributed by atoms with van der Waals surface area (Å²) in [4.78, 5) is 3.65. The monoisotopic (exact) mass is 236 g/mol. The normalized spacial score (nSPS) is 11.9. The Morgan fingerprint density at radius 3 is 2.38 bits per heavy atom. The minimum Gasteiger partial charge on any atom is -0.618 e. The summed E-state index contributed by atoms with van der Waals surface area (Å²) in [6, 6.07) is 0. The molecule has 1 aromatic heterocycles. The average Bonchev–Trinajstić information content (AvgIpc) is 2.14. The molecule has 0 aromatic carbocycles. The van der Waals surface area contributed by atoms with Crippen molar-refractivity contribution in [3.8, 4) is 5.88 Å². The second-order valence-electron chi connectivity index (χ2n) is 3.50. The number of hydrogen-bond donors (Lipinski definition) is 0. The first-order chi connectivity index (χ1) is 7.27. The van der Waals surface area contributed by atoms with Crippen LogP contribution in [0.15, 0.2) is 6.20 Å². The van der Waals surface area contributed by atoms with Gasteiger partial charge < -0.3 is 9.94 Å². The van der Waals surface area contributed by atoms with E-state index in [0.717, 1.165) is 13.3 Å². The highest BCUT2D eigenvalue weighted by molar-refractivity contribution is 5.19. The fourth-order valence-corrected chi connectivity index (χ4v) is 1.14. The Hall–Kier alpha value is -1.53. The zero-order chi connectivity index (χ0) is 12.5. The van der Waals surface area contributed by atoms with E-state index in [4.69, 9.17) is 0 Å². The van der Waals surface area contributed by atoms with Crippen molar-refractivity contribution in [1.29, 1.82) is 0 Å². The van der Waals surface area contributed by atoms with Crippen molar-refractivity contribution in [3.05, 3.63) is 22.8 Å². The van der Waals surface area contributed by atoms with Crippen LogP contribution < -0.4 is 9.47 Å². The standard InChI is InChI=1S/C9H11F3N2O2/c1-5(2)6-4-14(15)7(9(10,11)12)8(13-6)16-3/h4-5H,1-3H3. The fourth-order valence-electron chi connectivity index (χ4n) is 1.14. The summed E-state index contributed by atoms with van der Waals surface area (Å²) in [5, 5.41) is 11.2. The molecule has 0 bridgehead atoms. The van der Waals surface area contributed by atoms with Gasteiger partial charge in [0.05, 0.1) is 7.11 Å². The summed E-state index contributed by atoms with van der Waals surface area (Å²) < 4.78 is 41.7. The van der Waals surface area contributed by atoms with Crippen LogP contribution in [0.3, 0.4) is 0 Å². The van der Waals surface area contributed by atoms with E-state index in [2.05, 4.69) is 9.72 Å². The van der Waals surface area contributed by atoms with E-state index in [1.807, 2.05) is 0 Å². The van der Waals surface area contributed by atoms with Crippen molar-refractivity contribution < 1.29 is 22.6 Å². The number of hydrogen-bond acceptors (Lipinski definition) is 3. The fraction of sp³-hybridized carbons (Fsp3) is 0.556. The van der Waals surface area contributed by atoms with Gasteiger partial charge in [0.25, 0.3) is 5.88 Å². The number of alkyl halides is 3. The summed E-state index contributed by atoms with van der Waals surface area (Å²) >= 11 is 0. The smallest absolute Gasteiger partial charge is 0.484 e. The predicted molar refractivity (Wildman–Crippen MR) is 48.8 cm³/mol. The first kappa shape index (κ1) is 12.5. The lowest BCUT2D eigenvalue weighted by Crippen LogP contribution is -2.38. The molecule has 0 saturated carbocycles. The quantitative estimate of drug-likeness (QED) is 0.581. The Morgan fingerprint density at radius 1 is 1.44 bits per heavy atom. The third-order valence-corrected chi connectivity index (χ3v) is 1.96. The lowest BCUT2D eigenvalue weighted by atomic mass is 10.1. The van der Waals surface area contributed by atoms with Gasteiger partial charge in [-0.1, -0.05) is 13.8 Å². The third kappa shape index (κ3) is 2.34. The van der Waals surface area contributed by atoms with Gasteiger partial charge in [-0.2, -0.15) is 17.9 Å². The van der Waals surface area contributed by atoms with E-state index in [0.29, 0.717) is 0 Å². The van der Waals surface area contributed by atoms with E-state index >= 15 is 0 Å². The number of aromatic nitrogens is 2. The van der Waals surface area contributed by atoms with Crippen molar-refractivity contribution in [1.82, 2.24) is 4.98 Å². The van der Waals surface area contributed by atoms with Crippen LogP contribution in [-0.2, 0) is 6.18 Å². The second kappa shape index (κ2) is 4.15. The Kier molecular flexibility index (Phi) is 3.25. The molecule has 0 unspecified atom stereocenters. The van der Waals surface area contributed by atoms with Gasteiger partial charge in [-0.05, 0) is 0 Å².